The van der Waals surface area contributed by atoms with Gasteiger partial charge in [0.1, 0.15) is 0 Å². The molecule has 4 aliphatic carbocycles. The van der Waals surface area contributed by atoms with Crippen molar-refractivity contribution in [3.63, 3.8) is 0 Å². The highest BCUT2D eigenvalue weighted by Gasteiger charge is 2.69. The SMILES string of the molecule is CC(C)CCC[C@@H](C)[C@H]1CC[C@H]2[C@H]3[C@H](CC[C@]12C)[C@@]1(C)CC[C@H](OS(C)(=O)=O)C(C)(C)[C@@H]1C[C@@]3(C)O[Si](C)(C)C. The molecule has 0 aromatic rings. The molecule has 0 aromatic heterocycles. The molecule has 0 saturated heterocycles. The lowest BCUT2D eigenvalue weighted by molar-refractivity contribution is -0.234. The van der Waals surface area contributed by atoms with Crippen molar-refractivity contribution in [3.8, 4) is 0 Å². The summed E-state index contributed by atoms with van der Waals surface area (Å²) in [6, 6.07) is 0. The molecule has 0 aromatic carbocycles. The van der Waals surface area contributed by atoms with Crippen molar-refractivity contribution < 1.29 is 17.0 Å². The maximum absolute atomic E-state index is 12.3. The fraction of sp³-hybridized carbons (Fsp3) is 1.00. The number of hydrogen-bond donors (Lipinski definition) is 0. The Morgan fingerprint density at radius 3 is 2.02 bits per heavy atom. The molecule has 4 aliphatic rings. The van der Waals surface area contributed by atoms with E-state index in [-0.39, 0.29) is 22.5 Å². The molecular weight excluding hydrogens is 533 g/mol. The molecule has 40 heavy (non-hydrogen) atoms. The Hall–Kier alpha value is 0.0869. The first kappa shape index (κ1) is 33.0. The molecule has 0 amide bonds. The van der Waals surface area contributed by atoms with E-state index in [1.807, 2.05) is 0 Å². The molecule has 10 atom stereocenters. The zero-order valence-electron chi connectivity index (χ0n) is 28.2. The lowest BCUT2D eigenvalue weighted by Gasteiger charge is -2.69. The van der Waals surface area contributed by atoms with Crippen LogP contribution in [0.25, 0.3) is 0 Å². The molecule has 0 radical (unpaired) electrons. The molecule has 4 saturated carbocycles. The molecule has 234 valence electrons. The fourth-order valence-electron chi connectivity index (χ4n) is 11.5. The van der Waals surface area contributed by atoms with Crippen LogP contribution in [-0.2, 0) is 18.7 Å². The summed E-state index contributed by atoms with van der Waals surface area (Å²) in [4.78, 5) is 0. The molecule has 4 rings (SSSR count). The minimum absolute atomic E-state index is 0.175. The summed E-state index contributed by atoms with van der Waals surface area (Å²) in [6.45, 7) is 26.7. The van der Waals surface area contributed by atoms with Crippen molar-refractivity contribution in [1.29, 1.82) is 0 Å². The Morgan fingerprint density at radius 2 is 1.45 bits per heavy atom. The van der Waals surface area contributed by atoms with Crippen LogP contribution >= 0.6 is 0 Å². The fourth-order valence-corrected chi connectivity index (χ4v) is 13.9. The van der Waals surface area contributed by atoms with Gasteiger partial charge in [-0.25, -0.2) is 0 Å². The van der Waals surface area contributed by atoms with E-state index in [1.54, 1.807) is 0 Å². The highest BCUT2D eigenvalue weighted by Crippen LogP contribution is 2.73. The van der Waals surface area contributed by atoms with E-state index in [2.05, 4.69) is 75.0 Å². The maximum Gasteiger partial charge on any atom is 0.264 e. The molecular formula is C34H64O4SSi. The van der Waals surface area contributed by atoms with Crippen molar-refractivity contribution in [2.45, 2.75) is 151 Å². The van der Waals surface area contributed by atoms with Gasteiger partial charge in [0, 0.05) is 0 Å². The molecule has 0 spiro atoms. The molecule has 0 aliphatic heterocycles. The van der Waals surface area contributed by atoms with Gasteiger partial charge in [0.2, 0.25) is 0 Å². The van der Waals surface area contributed by atoms with Gasteiger partial charge in [-0.2, -0.15) is 8.42 Å². The number of hydrogen-bond acceptors (Lipinski definition) is 4. The Labute approximate surface area is 249 Å². The molecule has 0 heterocycles. The first-order valence-corrected chi connectivity index (χ1v) is 21.9. The third kappa shape index (κ3) is 6.05. The van der Waals surface area contributed by atoms with Gasteiger partial charge in [0.25, 0.3) is 10.1 Å². The monoisotopic (exact) mass is 596 g/mol. The maximum atomic E-state index is 12.3. The number of rotatable bonds is 9. The highest BCUT2D eigenvalue weighted by molar-refractivity contribution is 7.86. The standard InChI is InChI=1S/C34H64O4SSi/c1-23(2)14-13-15-24(3)25-16-17-26-30-27(18-20-32(25,26)6)33(7)21-19-29(37-39(9,35)36)31(4,5)28(33)22-34(30,8)38-40(10,11)12/h23-30H,13-22H2,1-12H3/t24-,25-,26+,27+,28+,29+,30+,32-,33-,34-/m1/s1. The Balaban J connectivity index is 1.70. The van der Waals surface area contributed by atoms with Crippen LogP contribution in [0.5, 0.6) is 0 Å². The van der Waals surface area contributed by atoms with Gasteiger partial charge in [-0.1, -0.05) is 67.7 Å². The quantitative estimate of drug-likeness (QED) is 0.197. The lowest BCUT2D eigenvalue weighted by atomic mass is 9.38. The molecule has 0 bridgehead atoms. The molecule has 4 fully saturated rings. The minimum Gasteiger partial charge on any atom is -0.412 e. The van der Waals surface area contributed by atoms with Gasteiger partial charge in [0.15, 0.2) is 8.32 Å². The van der Waals surface area contributed by atoms with E-state index in [9.17, 15) is 8.42 Å². The summed E-state index contributed by atoms with van der Waals surface area (Å²) in [7, 11) is -5.34. The van der Waals surface area contributed by atoms with Crippen molar-refractivity contribution in [2.24, 2.45) is 57.7 Å². The topological polar surface area (TPSA) is 52.6 Å². The zero-order valence-corrected chi connectivity index (χ0v) is 30.0. The van der Waals surface area contributed by atoms with E-state index in [4.69, 9.17) is 8.61 Å². The van der Waals surface area contributed by atoms with E-state index in [0.717, 1.165) is 42.9 Å². The summed E-state index contributed by atoms with van der Waals surface area (Å²) in [5, 5.41) is 0. The van der Waals surface area contributed by atoms with Gasteiger partial charge >= 0.3 is 0 Å². The highest BCUT2D eigenvalue weighted by atomic mass is 32.2. The second-order valence-electron chi connectivity index (χ2n) is 17.7. The third-order valence-electron chi connectivity index (χ3n) is 12.9. The van der Waals surface area contributed by atoms with Gasteiger partial charge in [-0.15, -0.1) is 0 Å². The van der Waals surface area contributed by atoms with Gasteiger partial charge < -0.3 is 4.43 Å². The minimum atomic E-state index is -3.50. The van der Waals surface area contributed by atoms with Crippen molar-refractivity contribution in [2.75, 3.05) is 6.26 Å². The Kier molecular flexibility index (Phi) is 9.00. The van der Waals surface area contributed by atoms with Crippen LogP contribution < -0.4 is 0 Å². The van der Waals surface area contributed by atoms with E-state index in [1.165, 1.54) is 51.2 Å². The lowest BCUT2D eigenvalue weighted by Crippen LogP contribution is -2.68. The van der Waals surface area contributed by atoms with Gasteiger partial charge in [-0.05, 0) is 129 Å². The van der Waals surface area contributed by atoms with Crippen molar-refractivity contribution in [1.82, 2.24) is 0 Å². The predicted molar refractivity (Wildman–Crippen MR) is 170 cm³/mol. The molecule has 6 heteroatoms. The van der Waals surface area contributed by atoms with E-state index >= 15 is 0 Å². The van der Waals surface area contributed by atoms with Crippen LogP contribution in [0, 0.1) is 57.7 Å². The van der Waals surface area contributed by atoms with Crippen molar-refractivity contribution in [3.05, 3.63) is 0 Å². The first-order valence-electron chi connectivity index (χ1n) is 16.7. The predicted octanol–water partition coefficient (Wildman–Crippen LogP) is 9.31. The summed E-state index contributed by atoms with van der Waals surface area (Å²) in [5.74, 6) is 4.71. The third-order valence-corrected chi connectivity index (χ3v) is 14.6. The Morgan fingerprint density at radius 1 is 0.850 bits per heavy atom. The van der Waals surface area contributed by atoms with Gasteiger partial charge in [-0.3, -0.25) is 4.18 Å². The van der Waals surface area contributed by atoms with Crippen LogP contribution in [0.1, 0.15) is 120 Å². The van der Waals surface area contributed by atoms with Crippen LogP contribution in [0.3, 0.4) is 0 Å². The van der Waals surface area contributed by atoms with Gasteiger partial charge in [0.05, 0.1) is 18.0 Å². The van der Waals surface area contributed by atoms with Crippen LogP contribution in [-0.4, -0.2) is 34.7 Å². The van der Waals surface area contributed by atoms with E-state index < -0.39 is 18.4 Å². The summed E-state index contributed by atoms with van der Waals surface area (Å²) in [5.41, 5.74) is 0.189. The summed E-state index contributed by atoms with van der Waals surface area (Å²) < 4.78 is 37.7. The number of fused-ring (bicyclic) bond motifs is 5. The second kappa shape index (κ2) is 10.9. The zero-order chi connectivity index (χ0) is 30.1. The van der Waals surface area contributed by atoms with E-state index in [0.29, 0.717) is 23.2 Å². The summed E-state index contributed by atoms with van der Waals surface area (Å²) >= 11 is 0. The van der Waals surface area contributed by atoms with Crippen LogP contribution in [0.2, 0.25) is 19.6 Å². The van der Waals surface area contributed by atoms with Crippen LogP contribution in [0.15, 0.2) is 0 Å². The Bertz CT molecular complexity index is 1020. The normalized spacial score (nSPS) is 44.1. The van der Waals surface area contributed by atoms with Crippen molar-refractivity contribution >= 4 is 18.4 Å². The smallest absolute Gasteiger partial charge is 0.264 e. The molecule has 4 nitrogen and oxygen atoms in total. The first-order chi connectivity index (χ1) is 18.1. The second-order valence-corrected chi connectivity index (χ2v) is 23.7. The molecule has 0 N–H and O–H groups in total. The average Bonchev–Trinajstić information content (AvgIpc) is 3.12. The average molecular weight is 597 g/mol. The largest absolute Gasteiger partial charge is 0.412 e. The van der Waals surface area contributed by atoms with Crippen LogP contribution in [0.4, 0.5) is 0 Å². The summed E-state index contributed by atoms with van der Waals surface area (Å²) in [6.07, 6.45) is 13.3. The molecule has 0 unspecified atom stereocenters.